The van der Waals surface area contributed by atoms with Crippen LogP contribution in [0.3, 0.4) is 0 Å². The number of carbonyl (C=O) groups is 1. The fourth-order valence-corrected chi connectivity index (χ4v) is 2.49. The molecule has 0 radical (unpaired) electrons. The molecule has 25 heavy (non-hydrogen) atoms. The first-order valence-corrected chi connectivity index (χ1v) is 7.68. The number of carbonyl (C=O) groups excluding carboxylic acids is 1. The van der Waals surface area contributed by atoms with E-state index in [4.69, 9.17) is 4.74 Å². The second-order valence-corrected chi connectivity index (χ2v) is 5.46. The van der Waals surface area contributed by atoms with Gasteiger partial charge in [-0.25, -0.2) is 0 Å². The zero-order valence-electron chi connectivity index (χ0n) is 13.6. The topological polar surface area (TPSA) is 107 Å². The molecule has 0 atom stereocenters. The molecule has 7 heteroatoms. The summed E-state index contributed by atoms with van der Waals surface area (Å²) in [7, 11) is 1.54. The highest BCUT2D eigenvalue weighted by molar-refractivity contribution is 5.95. The molecule has 3 N–H and O–H groups in total. The molecule has 0 saturated heterocycles. The van der Waals surface area contributed by atoms with Crippen molar-refractivity contribution in [2.45, 2.75) is 12.8 Å². The maximum Gasteiger partial charge on any atom is 0.265 e. The van der Waals surface area contributed by atoms with Gasteiger partial charge in [0.15, 0.2) is 5.69 Å². The monoisotopic (exact) mass is 339 g/mol. The standard InChI is InChI=1S/C18H17N3O4/c1-25-12-7-8-14-13(10-12)17(18(24)19-14)21-20-16(23)9-6-11-4-2-3-5-15(11)22/h2-5,7-8,10,19,22,24H,6,9H2,1H3. The lowest BCUT2D eigenvalue weighted by atomic mass is 10.1. The second kappa shape index (κ2) is 7.04. The van der Waals surface area contributed by atoms with Crippen LogP contribution in [-0.2, 0) is 11.2 Å². The smallest absolute Gasteiger partial charge is 0.265 e. The molecule has 0 aliphatic carbocycles. The van der Waals surface area contributed by atoms with Crippen LogP contribution in [0.4, 0.5) is 5.69 Å². The van der Waals surface area contributed by atoms with Crippen LogP contribution in [0.15, 0.2) is 52.7 Å². The normalized spacial score (nSPS) is 11.2. The van der Waals surface area contributed by atoms with Crippen LogP contribution in [0.25, 0.3) is 10.9 Å². The van der Waals surface area contributed by atoms with Gasteiger partial charge in [-0.3, -0.25) is 4.79 Å². The van der Waals surface area contributed by atoms with Gasteiger partial charge in [0, 0.05) is 11.8 Å². The van der Waals surface area contributed by atoms with Gasteiger partial charge in [0.2, 0.25) is 5.88 Å². The number of phenols is 1. The number of ether oxygens (including phenoxy) is 1. The van der Waals surface area contributed by atoms with Gasteiger partial charge in [-0.15, -0.1) is 10.2 Å². The van der Waals surface area contributed by atoms with E-state index in [2.05, 4.69) is 15.2 Å². The molecule has 1 aromatic heterocycles. The fourth-order valence-electron chi connectivity index (χ4n) is 2.49. The van der Waals surface area contributed by atoms with Crippen molar-refractivity contribution in [1.29, 1.82) is 0 Å². The van der Waals surface area contributed by atoms with Gasteiger partial charge in [0.1, 0.15) is 11.5 Å². The van der Waals surface area contributed by atoms with Crippen molar-refractivity contribution in [2.75, 3.05) is 7.11 Å². The highest BCUT2D eigenvalue weighted by atomic mass is 16.5. The summed E-state index contributed by atoms with van der Waals surface area (Å²) in [5.41, 5.74) is 1.52. The summed E-state index contributed by atoms with van der Waals surface area (Å²) in [6, 6.07) is 12.0. The number of para-hydroxylation sites is 1. The average Bonchev–Trinajstić information content (AvgIpc) is 2.93. The first kappa shape index (κ1) is 16.5. The molecule has 2 aromatic carbocycles. The Morgan fingerprint density at radius 2 is 2.00 bits per heavy atom. The van der Waals surface area contributed by atoms with E-state index in [1.807, 2.05) is 0 Å². The molecule has 1 amide bonds. The third-order valence-corrected chi connectivity index (χ3v) is 3.82. The summed E-state index contributed by atoms with van der Waals surface area (Å²) in [6.45, 7) is 0. The molecule has 0 fully saturated rings. The number of aromatic nitrogens is 1. The number of aromatic hydroxyl groups is 2. The van der Waals surface area contributed by atoms with E-state index >= 15 is 0 Å². The third kappa shape index (κ3) is 3.60. The zero-order valence-corrected chi connectivity index (χ0v) is 13.6. The second-order valence-electron chi connectivity index (χ2n) is 5.46. The van der Waals surface area contributed by atoms with Crippen LogP contribution < -0.4 is 4.74 Å². The van der Waals surface area contributed by atoms with Gasteiger partial charge in [0.05, 0.1) is 12.6 Å². The Morgan fingerprint density at radius 1 is 1.20 bits per heavy atom. The lowest BCUT2D eigenvalue weighted by Gasteiger charge is -2.01. The number of methoxy groups -OCH3 is 1. The lowest BCUT2D eigenvalue weighted by molar-refractivity contribution is -0.118. The number of rotatable bonds is 5. The highest BCUT2D eigenvalue weighted by Crippen LogP contribution is 2.37. The zero-order chi connectivity index (χ0) is 17.8. The van der Waals surface area contributed by atoms with Crippen molar-refractivity contribution in [2.24, 2.45) is 10.2 Å². The van der Waals surface area contributed by atoms with Crippen LogP contribution >= 0.6 is 0 Å². The molecule has 7 nitrogen and oxygen atoms in total. The van der Waals surface area contributed by atoms with E-state index in [0.29, 0.717) is 28.6 Å². The van der Waals surface area contributed by atoms with Crippen LogP contribution in [0, 0.1) is 0 Å². The van der Waals surface area contributed by atoms with Crippen LogP contribution in [0.5, 0.6) is 17.4 Å². The minimum absolute atomic E-state index is 0.105. The number of aryl methyl sites for hydroxylation is 1. The van der Waals surface area contributed by atoms with Gasteiger partial charge in [0.25, 0.3) is 5.91 Å². The Bertz CT molecular complexity index is 947. The van der Waals surface area contributed by atoms with Gasteiger partial charge in [-0.2, -0.15) is 0 Å². The lowest BCUT2D eigenvalue weighted by Crippen LogP contribution is -1.95. The van der Waals surface area contributed by atoms with Crippen molar-refractivity contribution >= 4 is 22.5 Å². The Labute approximate surface area is 143 Å². The largest absolute Gasteiger partial charge is 0.508 e. The number of fused-ring (bicyclic) bond motifs is 1. The predicted molar refractivity (Wildman–Crippen MR) is 92.5 cm³/mol. The van der Waals surface area contributed by atoms with Crippen molar-refractivity contribution in [1.82, 2.24) is 4.98 Å². The average molecular weight is 339 g/mol. The Hall–Kier alpha value is -3.35. The molecule has 1 heterocycles. The molecule has 0 spiro atoms. The van der Waals surface area contributed by atoms with E-state index in [1.165, 1.54) is 7.11 Å². The Balaban J connectivity index is 1.75. The highest BCUT2D eigenvalue weighted by Gasteiger charge is 2.12. The number of phenolic OH excluding ortho intramolecular Hbond substituents is 1. The molecule has 0 aliphatic heterocycles. The third-order valence-electron chi connectivity index (χ3n) is 3.82. The van der Waals surface area contributed by atoms with E-state index in [9.17, 15) is 15.0 Å². The molecule has 3 rings (SSSR count). The number of benzene rings is 2. The summed E-state index contributed by atoms with van der Waals surface area (Å²) >= 11 is 0. The maximum atomic E-state index is 11.9. The molecule has 128 valence electrons. The minimum atomic E-state index is -0.445. The minimum Gasteiger partial charge on any atom is -0.508 e. The summed E-state index contributed by atoms with van der Waals surface area (Å²) in [6.07, 6.45) is 0.464. The number of hydrogen-bond donors (Lipinski definition) is 3. The van der Waals surface area contributed by atoms with E-state index in [-0.39, 0.29) is 23.7 Å². The predicted octanol–water partition coefficient (Wildman–Crippen LogP) is 3.83. The summed E-state index contributed by atoms with van der Waals surface area (Å²) in [5, 5.41) is 27.8. The van der Waals surface area contributed by atoms with Gasteiger partial charge in [-0.1, -0.05) is 18.2 Å². The van der Waals surface area contributed by atoms with Gasteiger partial charge >= 0.3 is 0 Å². The van der Waals surface area contributed by atoms with Gasteiger partial charge in [-0.05, 0) is 36.2 Å². The maximum absolute atomic E-state index is 11.9. The number of nitrogens with zero attached hydrogens (tertiary/aromatic N) is 2. The molecule has 0 unspecified atom stereocenters. The fraction of sp³-hybridized carbons (Fsp3) is 0.167. The van der Waals surface area contributed by atoms with E-state index < -0.39 is 5.91 Å². The molecule has 0 bridgehead atoms. The number of nitrogens with one attached hydrogen (secondary N) is 1. The SMILES string of the molecule is COc1ccc2[nH]c(O)c(N=NC(=O)CCc3ccccc3O)c2c1. The molecule has 0 saturated carbocycles. The van der Waals surface area contributed by atoms with Crippen LogP contribution in [-0.4, -0.2) is 28.2 Å². The Kier molecular flexibility index (Phi) is 4.65. The van der Waals surface area contributed by atoms with Crippen LogP contribution in [0.1, 0.15) is 12.0 Å². The number of aromatic amines is 1. The summed E-state index contributed by atoms with van der Waals surface area (Å²) < 4.78 is 5.15. The van der Waals surface area contributed by atoms with Crippen molar-refractivity contribution in [3.8, 4) is 17.4 Å². The van der Waals surface area contributed by atoms with Crippen molar-refractivity contribution in [3.63, 3.8) is 0 Å². The van der Waals surface area contributed by atoms with Gasteiger partial charge < -0.3 is 19.9 Å². The molecular weight excluding hydrogens is 322 g/mol. The quantitative estimate of drug-likeness (QED) is 0.614. The molecule has 3 aromatic rings. The number of amides is 1. The first-order valence-electron chi connectivity index (χ1n) is 7.68. The van der Waals surface area contributed by atoms with Crippen molar-refractivity contribution < 1.29 is 19.7 Å². The summed E-state index contributed by atoms with van der Waals surface area (Å²) in [5.74, 6) is 0.142. The molecule has 0 aliphatic rings. The number of H-pyrrole nitrogens is 1. The van der Waals surface area contributed by atoms with Crippen LogP contribution in [0.2, 0.25) is 0 Å². The van der Waals surface area contributed by atoms with Crippen molar-refractivity contribution in [3.05, 3.63) is 48.0 Å². The van der Waals surface area contributed by atoms with E-state index in [0.717, 1.165) is 0 Å². The Morgan fingerprint density at radius 3 is 2.76 bits per heavy atom. The molecular formula is C18H17N3O4. The number of hydrogen-bond acceptors (Lipinski definition) is 5. The first-order chi connectivity index (χ1) is 12.1. The van der Waals surface area contributed by atoms with E-state index in [1.54, 1.807) is 42.5 Å². The number of azo groups is 1. The summed E-state index contributed by atoms with van der Waals surface area (Å²) in [4.78, 5) is 14.7.